The lowest BCUT2D eigenvalue weighted by molar-refractivity contribution is 0.626. The minimum absolute atomic E-state index is 0.257. The summed E-state index contributed by atoms with van der Waals surface area (Å²) in [6.45, 7) is 0. The van der Waals surface area contributed by atoms with Crippen LogP contribution in [0.1, 0.15) is 17.3 Å². The van der Waals surface area contributed by atoms with Crippen LogP contribution < -0.4 is 5.73 Å². The topological polar surface area (TPSA) is 43.8 Å². The molecule has 0 radical (unpaired) electrons. The maximum absolute atomic E-state index is 12.7. The molecule has 4 heteroatoms. The maximum atomic E-state index is 12.7. The van der Waals surface area contributed by atoms with Crippen LogP contribution in [0.2, 0.25) is 0 Å². The summed E-state index contributed by atoms with van der Waals surface area (Å²) in [6.07, 6.45) is 3.55. The van der Waals surface area contributed by atoms with Gasteiger partial charge < -0.3 is 10.3 Å². The fourth-order valence-corrected chi connectivity index (χ4v) is 1.43. The SMILES string of the molecule is Cn1cnc(C(N)c2ccc(F)cc2)c1. The van der Waals surface area contributed by atoms with Gasteiger partial charge in [-0.25, -0.2) is 9.37 Å². The van der Waals surface area contributed by atoms with Gasteiger partial charge in [-0.15, -0.1) is 0 Å². The molecular formula is C11H12FN3. The Bertz CT molecular complexity index is 447. The van der Waals surface area contributed by atoms with E-state index >= 15 is 0 Å². The summed E-state index contributed by atoms with van der Waals surface area (Å²) >= 11 is 0. The first-order chi connectivity index (χ1) is 7.16. The predicted octanol–water partition coefficient (Wildman–Crippen LogP) is 1.61. The van der Waals surface area contributed by atoms with E-state index < -0.39 is 0 Å². The van der Waals surface area contributed by atoms with Crippen molar-refractivity contribution in [1.29, 1.82) is 0 Å². The number of benzene rings is 1. The van der Waals surface area contributed by atoms with Crippen LogP contribution in [0.4, 0.5) is 4.39 Å². The van der Waals surface area contributed by atoms with Gasteiger partial charge in [-0.05, 0) is 17.7 Å². The van der Waals surface area contributed by atoms with E-state index in [2.05, 4.69) is 4.98 Å². The highest BCUT2D eigenvalue weighted by Crippen LogP contribution is 2.17. The Labute approximate surface area is 87.4 Å². The fraction of sp³-hybridized carbons (Fsp3) is 0.182. The van der Waals surface area contributed by atoms with Gasteiger partial charge in [0, 0.05) is 13.2 Å². The van der Waals surface area contributed by atoms with Crippen LogP contribution in [0, 0.1) is 5.82 Å². The molecule has 78 valence electrons. The van der Waals surface area contributed by atoms with Crippen molar-refractivity contribution in [2.45, 2.75) is 6.04 Å². The Balaban J connectivity index is 2.28. The van der Waals surface area contributed by atoms with E-state index in [9.17, 15) is 4.39 Å². The molecule has 15 heavy (non-hydrogen) atoms. The van der Waals surface area contributed by atoms with E-state index in [1.807, 2.05) is 17.8 Å². The molecule has 0 aliphatic heterocycles. The van der Waals surface area contributed by atoms with Crippen molar-refractivity contribution in [2.75, 3.05) is 0 Å². The number of imidazole rings is 1. The lowest BCUT2D eigenvalue weighted by Crippen LogP contribution is -2.12. The average Bonchev–Trinajstić information content (AvgIpc) is 2.65. The molecule has 0 saturated heterocycles. The van der Waals surface area contributed by atoms with E-state index in [-0.39, 0.29) is 11.9 Å². The standard InChI is InChI=1S/C11H12FN3/c1-15-6-10(14-7-15)11(13)8-2-4-9(12)5-3-8/h2-7,11H,13H2,1H3. The Morgan fingerprint density at radius 2 is 2.00 bits per heavy atom. The van der Waals surface area contributed by atoms with Crippen LogP contribution in [0.15, 0.2) is 36.8 Å². The normalized spacial score (nSPS) is 12.7. The third kappa shape index (κ3) is 2.05. The second kappa shape index (κ2) is 3.82. The Morgan fingerprint density at radius 3 is 2.53 bits per heavy atom. The molecule has 1 unspecified atom stereocenters. The summed E-state index contributed by atoms with van der Waals surface area (Å²) in [7, 11) is 1.88. The molecule has 3 nitrogen and oxygen atoms in total. The number of hydrogen-bond acceptors (Lipinski definition) is 2. The molecular weight excluding hydrogens is 193 g/mol. The Hall–Kier alpha value is -1.68. The first kappa shape index (κ1) is 9.86. The van der Waals surface area contributed by atoms with Gasteiger partial charge in [-0.2, -0.15) is 0 Å². The maximum Gasteiger partial charge on any atom is 0.123 e. The van der Waals surface area contributed by atoms with Crippen molar-refractivity contribution in [2.24, 2.45) is 12.8 Å². The van der Waals surface area contributed by atoms with Crippen molar-refractivity contribution >= 4 is 0 Å². The molecule has 0 saturated carbocycles. The van der Waals surface area contributed by atoms with Crippen LogP contribution in [-0.4, -0.2) is 9.55 Å². The summed E-state index contributed by atoms with van der Waals surface area (Å²) in [4.78, 5) is 4.16. The number of rotatable bonds is 2. The minimum Gasteiger partial charge on any atom is -0.340 e. The lowest BCUT2D eigenvalue weighted by atomic mass is 10.1. The number of halogens is 1. The highest BCUT2D eigenvalue weighted by molar-refractivity contribution is 5.26. The fourth-order valence-electron chi connectivity index (χ4n) is 1.43. The number of nitrogens with two attached hydrogens (primary N) is 1. The lowest BCUT2D eigenvalue weighted by Gasteiger charge is -2.08. The van der Waals surface area contributed by atoms with Gasteiger partial charge in [-0.3, -0.25) is 0 Å². The largest absolute Gasteiger partial charge is 0.340 e. The van der Waals surface area contributed by atoms with Gasteiger partial charge in [0.15, 0.2) is 0 Å². The van der Waals surface area contributed by atoms with Crippen molar-refractivity contribution in [1.82, 2.24) is 9.55 Å². The molecule has 0 fully saturated rings. The third-order valence-corrected chi connectivity index (χ3v) is 2.27. The second-order valence-corrected chi connectivity index (χ2v) is 3.49. The zero-order valence-electron chi connectivity index (χ0n) is 8.39. The molecule has 2 aromatic rings. The van der Waals surface area contributed by atoms with Gasteiger partial charge in [0.2, 0.25) is 0 Å². The van der Waals surface area contributed by atoms with Crippen LogP contribution in [0.5, 0.6) is 0 Å². The predicted molar refractivity (Wildman–Crippen MR) is 55.6 cm³/mol. The zero-order valence-corrected chi connectivity index (χ0v) is 8.39. The highest BCUT2D eigenvalue weighted by Gasteiger charge is 2.10. The van der Waals surface area contributed by atoms with E-state index in [1.165, 1.54) is 12.1 Å². The van der Waals surface area contributed by atoms with Crippen molar-refractivity contribution in [3.05, 3.63) is 53.9 Å². The van der Waals surface area contributed by atoms with Crippen LogP contribution in [0.25, 0.3) is 0 Å². The van der Waals surface area contributed by atoms with Crippen LogP contribution in [0.3, 0.4) is 0 Å². The molecule has 0 aliphatic carbocycles. The number of aromatic nitrogens is 2. The molecule has 0 spiro atoms. The van der Waals surface area contributed by atoms with E-state index in [4.69, 9.17) is 5.73 Å². The van der Waals surface area contributed by atoms with E-state index in [1.54, 1.807) is 18.5 Å². The first-order valence-electron chi connectivity index (χ1n) is 4.66. The molecule has 1 heterocycles. The highest BCUT2D eigenvalue weighted by atomic mass is 19.1. The Kier molecular flexibility index (Phi) is 2.51. The average molecular weight is 205 g/mol. The Morgan fingerprint density at radius 1 is 1.33 bits per heavy atom. The first-order valence-corrected chi connectivity index (χ1v) is 4.66. The molecule has 1 atom stereocenters. The molecule has 2 N–H and O–H groups in total. The number of hydrogen-bond donors (Lipinski definition) is 1. The summed E-state index contributed by atoms with van der Waals surface area (Å²) < 4.78 is 14.5. The summed E-state index contributed by atoms with van der Waals surface area (Å²) in [5.41, 5.74) is 7.62. The van der Waals surface area contributed by atoms with Crippen LogP contribution >= 0.6 is 0 Å². The van der Waals surface area contributed by atoms with Crippen LogP contribution in [-0.2, 0) is 7.05 Å². The summed E-state index contributed by atoms with van der Waals surface area (Å²) in [6, 6.07) is 5.85. The second-order valence-electron chi connectivity index (χ2n) is 3.49. The molecule has 0 aliphatic rings. The number of nitrogens with zero attached hydrogens (tertiary/aromatic N) is 2. The quantitative estimate of drug-likeness (QED) is 0.809. The molecule has 0 amide bonds. The van der Waals surface area contributed by atoms with E-state index in [0.29, 0.717) is 0 Å². The summed E-state index contributed by atoms with van der Waals surface area (Å²) in [5.74, 6) is -0.257. The molecule has 0 bridgehead atoms. The van der Waals surface area contributed by atoms with Gasteiger partial charge in [0.1, 0.15) is 5.82 Å². The smallest absolute Gasteiger partial charge is 0.123 e. The zero-order chi connectivity index (χ0) is 10.8. The van der Waals surface area contributed by atoms with Gasteiger partial charge in [0.05, 0.1) is 18.1 Å². The van der Waals surface area contributed by atoms with Crippen molar-refractivity contribution < 1.29 is 4.39 Å². The molecule has 2 rings (SSSR count). The van der Waals surface area contributed by atoms with Gasteiger partial charge >= 0.3 is 0 Å². The van der Waals surface area contributed by atoms with Crippen molar-refractivity contribution in [3.63, 3.8) is 0 Å². The minimum atomic E-state index is -0.299. The molecule has 1 aromatic carbocycles. The van der Waals surface area contributed by atoms with Gasteiger partial charge in [0.25, 0.3) is 0 Å². The third-order valence-electron chi connectivity index (χ3n) is 2.27. The summed E-state index contributed by atoms with van der Waals surface area (Å²) in [5, 5.41) is 0. The van der Waals surface area contributed by atoms with E-state index in [0.717, 1.165) is 11.3 Å². The molecule has 1 aromatic heterocycles. The monoisotopic (exact) mass is 205 g/mol. The number of aryl methyl sites for hydroxylation is 1. The van der Waals surface area contributed by atoms with Gasteiger partial charge in [-0.1, -0.05) is 12.1 Å². The van der Waals surface area contributed by atoms with Crippen molar-refractivity contribution in [3.8, 4) is 0 Å².